The van der Waals surface area contributed by atoms with Crippen molar-refractivity contribution in [3.63, 3.8) is 0 Å². The summed E-state index contributed by atoms with van der Waals surface area (Å²) in [5, 5.41) is 14.0. The molecule has 5 heteroatoms. The van der Waals surface area contributed by atoms with E-state index in [0.717, 1.165) is 0 Å². The minimum absolute atomic E-state index is 0.143. The summed E-state index contributed by atoms with van der Waals surface area (Å²) in [7, 11) is -1.76. The number of aliphatic hydroxyl groups excluding tert-OH is 1. The highest BCUT2D eigenvalue weighted by Gasteiger charge is 2.33. The summed E-state index contributed by atoms with van der Waals surface area (Å²) in [6.45, 7) is 10.9. The Bertz CT molecular complexity index is 587. The molecule has 1 N–H and O–H groups in total. The monoisotopic (exact) mass is 287 g/mol. The van der Waals surface area contributed by atoms with Gasteiger partial charge in [0.2, 0.25) is 0 Å². The molecule has 0 spiro atoms. The molecule has 0 saturated carbocycles. The summed E-state index contributed by atoms with van der Waals surface area (Å²) in [6, 6.07) is 6.96. The molecule has 1 aromatic carbocycles. The van der Waals surface area contributed by atoms with Crippen molar-refractivity contribution in [1.29, 1.82) is 0 Å². The lowest BCUT2D eigenvalue weighted by molar-refractivity contribution is 0.239. The second-order valence-corrected chi connectivity index (χ2v) is 11.3. The lowest BCUT2D eigenvalue weighted by Crippen LogP contribution is -2.35. The molecule has 0 aliphatic carbocycles. The average Bonchev–Trinajstić information content (AvgIpc) is 2.36. The van der Waals surface area contributed by atoms with Crippen LogP contribution in [0.15, 0.2) is 29.4 Å². The third kappa shape index (κ3) is 3.88. The summed E-state index contributed by atoms with van der Waals surface area (Å²) in [6.07, 6.45) is -0.925. The maximum absolute atomic E-state index is 10.2. The van der Waals surface area contributed by atoms with E-state index in [4.69, 9.17) is 5.53 Å². The van der Waals surface area contributed by atoms with Crippen molar-refractivity contribution >= 4 is 13.8 Å². The van der Waals surface area contributed by atoms with Gasteiger partial charge < -0.3 is 5.11 Å². The van der Waals surface area contributed by atoms with Crippen molar-refractivity contribution in [1.82, 2.24) is 0 Å². The fourth-order valence-corrected chi connectivity index (χ4v) is 2.24. The number of benzene rings is 1. The molecule has 0 saturated heterocycles. The highest BCUT2D eigenvalue weighted by Crippen LogP contribution is 2.35. The van der Waals surface area contributed by atoms with Crippen LogP contribution in [0.25, 0.3) is 10.4 Å². The van der Waals surface area contributed by atoms with Crippen LogP contribution in [0.2, 0.25) is 18.1 Å². The largest absolute Gasteiger partial charge is 0.376 e. The molecular formula is C15H21N3OSi. The Morgan fingerprint density at radius 3 is 2.45 bits per heavy atom. The predicted molar refractivity (Wildman–Crippen MR) is 85.2 cm³/mol. The minimum Gasteiger partial charge on any atom is -0.376 e. The van der Waals surface area contributed by atoms with Gasteiger partial charge in [-0.2, -0.15) is 0 Å². The quantitative estimate of drug-likeness (QED) is 0.276. The van der Waals surface area contributed by atoms with Gasteiger partial charge in [0.25, 0.3) is 0 Å². The van der Waals surface area contributed by atoms with Gasteiger partial charge in [0, 0.05) is 16.2 Å². The van der Waals surface area contributed by atoms with Crippen LogP contribution in [0.5, 0.6) is 0 Å². The SMILES string of the molecule is CC(C)(C)[Si](C)(C)C#CC(O)c1ccccc1N=[N+]=[N-]. The van der Waals surface area contributed by atoms with E-state index in [1.54, 1.807) is 24.3 Å². The molecular weight excluding hydrogens is 266 g/mol. The Morgan fingerprint density at radius 1 is 1.30 bits per heavy atom. The molecule has 0 fully saturated rings. The molecule has 106 valence electrons. The van der Waals surface area contributed by atoms with Crippen LogP contribution in [-0.4, -0.2) is 13.2 Å². The molecule has 1 rings (SSSR count). The van der Waals surface area contributed by atoms with E-state index in [9.17, 15) is 5.11 Å². The average molecular weight is 287 g/mol. The zero-order valence-electron chi connectivity index (χ0n) is 12.7. The number of hydrogen-bond donors (Lipinski definition) is 1. The molecule has 1 unspecified atom stereocenters. The molecule has 0 bridgehead atoms. The van der Waals surface area contributed by atoms with Gasteiger partial charge in [-0.05, 0) is 10.6 Å². The fourth-order valence-electron chi connectivity index (χ4n) is 1.37. The molecule has 4 nitrogen and oxygen atoms in total. The Labute approximate surface area is 121 Å². The molecule has 0 aliphatic heterocycles. The van der Waals surface area contributed by atoms with Crippen LogP contribution >= 0.6 is 0 Å². The minimum atomic E-state index is -1.76. The Morgan fingerprint density at radius 2 is 1.90 bits per heavy atom. The summed E-state index contributed by atoms with van der Waals surface area (Å²) < 4.78 is 0. The molecule has 0 aliphatic rings. The maximum atomic E-state index is 10.2. The van der Waals surface area contributed by atoms with Crippen LogP contribution in [0, 0.1) is 11.5 Å². The summed E-state index contributed by atoms with van der Waals surface area (Å²) in [5.74, 6) is 2.93. The molecule has 20 heavy (non-hydrogen) atoms. The molecule has 0 heterocycles. The van der Waals surface area contributed by atoms with Crippen LogP contribution in [-0.2, 0) is 0 Å². The normalized spacial score (nSPS) is 12.9. The molecule has 1 aromatic rings. The molecule has 0 amide bonds. The van der Waals surface area contributed by atoms with E-state index in [0.29, 0.717) is 11.3 Å². The first kappa shape index (κ1) is 16.3. The maximum Gasteiger partial charge on any atom is 0.140 e. The number of nitrogens with zero attached hydrogens (tertiary/aromatic N) is 3. The molecule has 1 atom stereocenters. The van der Waals surface area contributed by atoms with E-state index in [-0.39, 0.29) is 5.04 Å². The number of rotatable bonds is 2. The van der Waals surface area contributed by atoms with Crippen LogP contribution in [0.4, 0.5) is 5.69 Å². The van der Waals surface area contributed by atoms with Gasteiger partial charge in [-0.1, -0.05) is 69.2 Å². The Hall–Kier alpha value is -1.73. The van der Waals surface area contributed by atoms with Crippen molar-refractivity contribution in [3.05, 3.63) is 40.3 Å². The highest BCUT2D eigenvalue weighted by molar-refractivity contribution is 6.87. The number of hydrogen-bond acceptors (Lipinski definition) is 2. The summed E-state index contributed by atoms with van der Waals surface area (Å²) >= 11 is 0. The van der Waals surface area contributed by atoms with E-state index in [1.165, 1.54) is 0 Å². The van der Waals surface area contributed by atoms with E-state index >= 15 is 0 Å². The third-order valence-corrected chi connectivity index (χ3v) is 8.30. The topological polar surface area (TPSA) is 69.0 Å². The van der Waals surface area contributed by atoms with E-state index < -0.39 is 14.2 Å². The van der Waals surface area contributed by atoms with Gasteiger partial charge in [0.1, 0.15) is 14.2 Å². The van der Waals surface area contributed by atoms with Crippen LogP contribution in [0.3, 0.4) is 0 Å². The fraction of sp³-hybridized carbons (Fsp3) is 0.467. The predicted octanol–water partition coefficient (Wildman–Crippen LogP) is 4.71. The van der Waals surface area contributed by atoms with Gasteiger partial charge in [-0.15, -0.1) is 5.54 Å². The Kier molecular flexibility index (Phi) is 5.02. The van der Waals surface area contributed by atoms with Gasteiger partial charge >= 0.3 is 0 Å². The molecule has 0 aromatic heterocycles. The standard InChI is InChI=1S/C15H21N3OSi/c1-15(2,3)20(4,5)11-10-14(19)12-8-6-7-9-13(12)17-18-16/h6-9,14,19H,1-5H3. The third-order valence-electron chi connectivity index (χ3n) is 3.78. The van der Waals surface area contributed by atoms with Crippen LogP contribution < -0.4 is 0 Å². The molecule has 0 radical (unpaired) electrons. The number of aliphatic hydroxyl groups is 1. The second-order valence-electron chi connectivity index (χ2n) is 6.30. The van der Waals surface area contributed by atoms with Crippen molar-refractivity contribution in [2.24, 2.45) is 5.11 Å². The van der Waals surface area contributed by atoms with E-state index in [1.807, 2.05) is 0 Å². The van der Waals surface area contributed by atoms with Gasteiger partial charge in [-0.25, -0.2) is 0 Å². The van der Waals surface area contributed by atoms with Gasteiger partial charge in [0.05, 0.1) is 0 Å². The second kappa shape index (κ2) is 6.15. The first-order valence-electron chi connectivity index (χ1n) is 6.54. The summed E-state index contributed by atoms with van der Waals surface area (Å²) in [4.78, 5) is 2.77. The smallest absolute Gasteiger partial charge is 0.140 e. The highest BCUT2D eigenvalue weighted by atomic mass is 28.3. The van der Waals surface area contributed by atoms with Crippen LogP contribution in [0.1, 0.15) is 32.4 Å². The Balaban J connectivity index is 3.11. The van der Waals surface area contributed by atoms with Gasteiger partial charge in [0.15, 0.2) is 0 Å². The lowest BCUT2D eigenvalue weighted by Gasteiger charge is -2.31. The zero-order chi connectivity index (χ0) is 15.4. The zero-order valence-corrected chi connectivity index (χ0v) is 13.7. The van der Waals surface area contributed by atoms with E-state index in [2.05, 4.69) is 55.4 Å². The van der Waals surface area contributed by atoms with Crippen molar-refractivity contribution in [2.45, 2.75) is 45.0 Å². The van der Waals surface area contributed by atoms with Crippen molar-refractivity contribution in [3.8, 4) is 11.5 Å². The van der Waals surface area contributed by atoms with Crippen molar-refractivity contribution in [2.75, 3.05) is 0 Å². The first-order valence-corrected chi connectivity index (χ1v) is 9.54. The van der Waals surface area contributed by atoms with Gasteiger partial charge in [-0.3, -0.25) is 0 Å². The van der Waals surface area contributed by atoms with Crippen molar-refractivity contribution < 1.29 is 5.11 Å². The number of azide groups is 1. The summed E-state index contributed by atoms with van der Waals surface area (Å²) in [5.41, 5.74) is 12.8. The first-order chi connectivity index (χ1) is 9.19. The lowest BCUT2D eigenvalue weighted by atomic mass is 10.1.